The lowest BCUT2D eigenvalue weighted by atomic mass is 10.0. The number of likely N-dealkylation sites (N-methyl/N-ethyl adjacent to an activating group) is 1. The molecule has 2 saturated heterocycles. The van der Waals surface area contributed by atoms with E-state index in [1.165, 1.54) is 71.4 Å². The lowest BCUT2D eigenvalue weighted by Gasteiger charge is -2.37. The van der Waals surface area contributed by atoms with E-state index in [2.05, 4.69) is 22.0 Å². The predicted octanol–water partition coefficient (Wildman–Crippen LogP) is 1.54. The van der Waals surface area contributed by atoms with Crippen LogP contribution in [0.4, 0.5) is 0 Å². The summed E-state index contributed by atoms with van der Waals surface area (Å²) in [7, 11) is 0. The normalized spacial score (nSPS) is 33.5. The number of hydrogen-bond donors (Lipinski definition) is 1. The Morgan fingerprint density at radius 2 is 1.83 bits per heavy atom. The van der Waals surface area contributed by atoms with Crippen molar-refractivity contribution in [1.82, 2.24) is 15.1 Å². The van der Waals surface area contributed by atoms with Crippen LogP contribution in [-0.4, -0.2) is 61.2 Å². The summed E-state index contributed by atoms with van der Waals surface area (Å²) >= 11 is 0. The second-order valence-corrected chi connectivity index (χ2v) is 6.36. The molecule has 0 aromatic carbocycles. The van der Waals surface area contributed by atoms with Crippen molar-refractivity contribution in [3.8, 4) is 0 Å². The molecular weight excluding hydrogens is 222 g/mol. The Kier molecular flexibility index (Phi) is 4.22. The second kappa shape index (κ2) is 5.89. The highest BCUT2D eigenvalue weighted by Crippen LogP contribution is 2.37. The fraction of sp³-hybridized carbons (Fsp3) is 1.00. The van der Waals surface area contributed by atoms with E-state index in [4.69, 9.17) is 0 Å². The Labute approximate surface area is 112 Å². The molecule has 1 N–H and O–H groups in total. The fourth-order valence-electron chi connectivity index (χ4n) is 3.91. The van der Waals surface area contributed by atoms with Gasteiger partial charge in [0.05, 0.1) is 0 Å². The van der Waals surface area contributed by atoms with E-state index in [-0.39, 0.29) is 0 Å². The van der Waals surface area contributed by atoms with Gasteiger partial charge >= 0.3 is 0 Å². The van der Waals surface area contributed by atoms with Gasteiger partial charge in [-0.3, -0.25) is 9.80 Å². The molecule has 1 saturated carbocycles. The minimum absolute atomic E-state index is 0.865. The quantitative estimate of drug-likeness (QED) is 0.821. The largest absolute Gasteiger partial charge is 0.317 e. The van der Waals surface area contributed by atoms with Gasteiger partial charge in [0.25, 0.3) is 0 Å². The van der Waals surface area contributed by atoms with Gasteiger partial charge < -0.3 is 5.32 Å². The van der Waals surface area contributed by atoms with E-state index in [0.29, 0.717) is 0 Å². The molecule has 2 heterocycles. The van der Waals surface area contributed by atoms with E-state index in [1.54, 1.807) is 0 Å². The fourth-order valence-corrected chi connectivity index (χ4v) is 3.91. The standard InChI is InChI=1S/C15H29N3/c1-2-17-10-3-11-18(12-15(17)13-4-5-13)14-6-8-16-9-7-14/h13-16H,2-12H2,1H3. The Morgan fingerprint density at radius 1 is 1.06 bits per heavy atom. The summed E-state index contributed by atoms with van der Waals surface area (Å²) in [4.78, 5) is 5.60. The van der Waals surface area contributed by atoms with Crippen LogP contribution >= 0.6 is 0 Å². The first-order chi connectivity index (χ1) is 8.88. The smallest absolute Gasteiger partial charge is 0.0251 e. The first kappa shape index (κ1) is 12.9. The van der Waals surface area contributed by atoms with E-state index in [0.717, 1.165) is 18.0 Å². The number of nitrogens with zero attached hydrogens (tertiary/aromatic N) is 2. The molecule has 0 radical (unpaired) electrons. The Morgan fingerprint density at radius 3 is 2.50 bits per heavy atom. The van der Waals surface area contributed by atoms with Crippen molar-refractivity contribution in [3.05, 3.63) is 0 Å². The summed E-state index contributed by atoms with van der Waals surface area (Å²) in [6.07, 6.45) is 7.08. The summed E-state index contributed by atoms with van der Waals surface area (Å²) in [6, 6.07) is 1.73. The topological polar surface area (TPSA) is 18.5 Å². The zero-order valence-corrected chi connectivity index (χ0v) is 11.9. The maximum atomic E-state index is 3.50. The van der Waals surface area contributed by atoms with Crippen molar-refractivity contribution in [2.24, 2.45) is 5.92 Å². The molecule has 1 atom stereocenters. The van der Waals surface area contributed by atoms with Gasteiger partial charge in [-0.25, -0.2) is 0 Å². The first-order valence-corrected chi connectivity index (χ1v) is 8.07. The van der Waals surface area contributed by atoms with Crippen molar-refractivity contribution in [2.75, 3.05) is 39.3 Å². The molecule has 3 rings (SSSR count). The van der Waals surface area contributed by atoms with E-state index >= 15 is 0 Å². The molecular formula is C15H29N3. The van der Waals surface area contributed by atoms with Crippen LogP contribution in [0.5, 0.6) is 0 Å². The molecule has 0 aromatic heterocycles. The van der Waals surface area contributed by atoms with Gasteiger partial charge in [-0.05, 0) is 70.7 Å². The van der Waals surface area contributed by atoms with Crippen LogP contribution in [0.3, 0.4) is 0 Å². The van der Waals surface area contributed by atoms with E-state index in [1.807, 2.05) is 0 Å². The number of nitrogens with one attached hydrogen (secondary N) is 1. The van der Waals surface area contributed by atoms with Crippen molar-refractivity contribution in [1.29, 1.82) is 0 Å². The summed E-state index contributed by atoms with van der Waals surface area (Å²) < 4.78 is 0. The van der Waals surface area contributed by atoms with E-state index < -0.39 is 0 Å². The van der Waals surface area contributed by atoms with Crippen LogP contribution < -0.4 is 5.32 Å². The molecule has 0 amide bonds. The third-order valence-corrected chi connectivity index (χ3v) is 5.18. The summed E-state index contributed by atoms with van der Waals surface area (Å²) in [5.74, 6) is 1.02. The zero-order chi connectivity index (χ0) is 12.4. The summed E-state index contributed by atoms with van der Waals surface area (Å²) in [6.45, 7) is 10.1. The zero-order valence-electron chi connectivity index (χ0n) is 11.9. The van der Waals surface area contributed by atoms with Gasteiger partial charge in [-0.15, -0.1) is 0 Å². The lowest BCUT2D eigenvalue weighted by molar-refractivity contribution is 0.123. The van der Waals surface area contributed by atoms with Gasteiger partial charge in [0, 0.05) is 18.6 Å². The van der Waals surface area contributed by atoms with Crippen LogP contribution in [0, 0.1) is 5.92 Å². The molecule has 3 aliphatic rings. The molecule has 18 heavy (non-hydrogen) atoms. The molecule has 1 unspecified atom stereocenters. The molecule has 0 aromatic rings. The highest BCUT2D eigenvalue weighted by atomic mass is 15.3. The number of hydrogen-bond acceptors (Lipinski definition) is 3. The first-order valence-electron chi connectivity index (χ1n) is 8.07. The Balaban J connectivity index is 1.64. The molecule has 3 fully saturated rings. The van der Waals surface area contributed by atoms with Crippen LogP contribution in [-0.2, 0) is 0 Å². The minimum atomic E-state index is 0.865. The van der Waals surface area contributed by atoms with E-state index in [9.17, 15) is 0 Å². The van der Waals surface area contributed by atoms with Gasteiger partial charge in [0.2, 0.25) is 0 Å². The molecule has 1 aliphatic carbocycles. The summed E-state index contributed by atoms with van der Waals surface area (Å²) in [5.41, 5.74) is 0. The molecule has 3 nitrogen and oxygen atoms in total. The van der Waals surface area contributed by atoms with Gasteiger partial charge in [-0.1, -0.05) is 6.92 Å². The Bertz CT molecular complexity index is 258. The lowest BCUT2D eigenvalue weighted by Crippen LogP contribution is -2.48. The molecule has 104 valence electrons. The maximum Gasteiger partial charge on any atom is 0.0251 e. The SMILES string of the molecule is CCN1CCCN(C2CCNCC2)CC1C1CC1. The predicted molar refractivity (Wildman–Crippen MR) is 75.8 cm³/mol. The number of piperidine rings is 1. The average Bonchev–Trinajstić information content (AvgIpc) is 3.25. The van der Waals surface area contributed by atoms with Crippen molar-refractivity contribution in [2.45, 2.75) is 51.1 Å². The Hall–Kier alpha value is -0.120. The molecule has 3 heteroatoms. The van der Waals surface area contributed by atoms with Crippen LogP contribution in [0.15, 0.2) is 0 Å². The maximum absolute atomic E-state index is 3.50. The summed E-state index contributed by atoms with van der Waals surface area (Å²) in [5, 5.41) is 3.50. The molecule has 0 bridgehead atoms. The minimum Gasteiger partial charge on any atom is -0.317 e. The highest BCUT2D eigenvalue weighted by molar-refractivity contribution is 4.93. The van der Waals surface area contributed by atoms with Crippen LogP contribution in [0.1, 0.15) is 39.0 Å². The van der Waals surface area contributed by atoms with Crippen LogP contribution in [0.2, 0.25) is 0 Å². The van der Waals surface area contributed by atoms with Gasteiger partial charge in [0.15, 0.2) is 0 Å². The van der Waals surface area contributed by atoms with Crippen molar-refractivity contribution >= 4 is 0 Å². The second-order valence-electron chi connectivity index (χ2n) is 6.36. The number of rotatable bonds is 3. The van der Waals surface area contributed by atoms with Crippen LogP contribution in [0.25, 0.3) is 0 Å². The molecule has 0 spiro atoms. The van der Waals surface area contributed by atoms with Crippen molar-refractivity contribution < 1.29 is 0 Å². The monoisotopic (exact) mass is 251 g/mol. The van der Waals surface area contributed by atoms with Gasteiger partial charge in [0.1, 0.15) is 0 Å². The van der Waals surface area contributed by atoms with Crippen molar-refractivity contribution in [3.63, 3.8) is 0 Å². The highest BCUT2D eigenvalue weighted by Gasteiger charge is 2.38. The molecule has 2 aliphatic heterocycles. The third-order valence-electron chi connectivity index (χ3n) is 5.18. The third kappa shape index (κ3) is 2.89. The average molecular weight is 251 g/mol. The van der Waals surface area contributed by atoms with Gasteiger partial charge in [-0.2, -0.15) is 0 Å².